The van der Waals surface area contributed by atoms with Gasteiger partial charge in [-0.1, -0.05) is 12.2 Å². The van der Waals surface area contributed by atoms with E-state index in [9.17, 15) is 13.2 Å². The van der Waals surface area contributed by atoms with Gasteiger partial charge in [-0.05, 0) is 50.0 Å². The Morgan fingerprint density at radius 3 is 2.76 bits per heavy atom. The molecule has 25 heavy (non-hydrogen) atoms. The highest BCUT2D eigenvalue weighted by molar-refractivity contribution is 7.92. The number of nitrogens with two attached hydrogens (primary N) is 1. The van der Waals surface area contributed by atoms with E-state index in [1.807, 2.05) is 13.0 Å². The van der Waals surface area contributed by atoms with E-state index >= 15 is 0 Å². The van der Waals surface area contributed by atoms with Crippen molar-refractivity contribution in [1.29, 1.82) is 0 Å². The number of hydrogen-bond donors (Lipinski definition) is 2. The van der Waals surface area contributed by atoms with Crippen LogP contribution in [-0.4, -0.2) is 37.8 Å². The van der Waals surface area contributed by atoms with E-state index in [1.54, 1.807) is 6.07 Å². The number of nitrogens with zero attached hydrogens (tertiary/aromatic N) is 1. The monoisotopic (exact) mass is 361 g/mol. The fourth-order valence-electron chi connectivity index (χ4n) is 3.62. The lowest BCUT2D eigenvalue weighted by Gasteiger charge is -2.19. The smallest absolute Gasteiger partial charge is 0.249 e. The zero-order valence-electron chi connectivity index (χ0n) is 14.5. The SMILES string of the molecule is C=CS(=O)(=O)N1CCC(Nc2ccc(C(N)=O)c3c2C(C)=C(C)C3)C1. The number of rotatable bonds is 5. The third-order valence-electron chi connectivity index (χ3n) is 5.12. The maximum absolute atomic E-state index is 11.9. The number of carbonyl (C=O) groups excluding carboxylic acids is 1. The average molecular weight is 361 g/mol. The van der Waals surface area contributed by atoms with Gasteiger partial charge in [-0.3, -0.25) is 4.79 Å². The third-order valence-corrected chi connectivity index (χ3v) is 6.59. The molecule has 1 fully saturated rings. The third kappa shape index (κ3) is 3.09. The molecule has 1 aromatic rings. The van der Waals surface area contributed by atoms with Crippen molar-refractivity contribution < 1.29 is 13.2 Å². The van der Waals surface area contributed by atoms with Crippen LogP contribution in [0.15, 0.2) is 29.7 Å². The van der Waals surface area contributed by atoms with E-state index in [0.717, 1.165) is 40.6 Å². The molecule has 0 spiro atoms. The molecule has 1 aliphatic heterocycles. The standard InChI is InChI=1S/C18H23N3O3S/c1-4-25(23,24)21-8-7-13(10-21)20-16-6-5-14(18(19)22)15-9-11(2)12(3)17(15)16/h4-6,13,20H,1,7-10H2,2-3H3,(H2,19,22). The van der Waals surface area contributed by atoms with Gasteiger partial charge < -0.3 is 11.1 Å². The van der Waals surface area contributed by atoms with Crippen LogP contribution >= 0.6 is 0 Å². The van der Waals surface area contributed by atoms with Gasteiger partial charge in [-0.15, -0.1) is 0 Å². The highest BCUT2D eigenvalue weighted by Crippen LogP contribution is 2.39. The first-order valence-electron chi connectivity index (χ1n) is 8.26. The van der Waals surface area contributed by atoms with Crippen molar-refractivity contribution in [3.05, 3.63) is 46.4 Å². The molecule has 0 radical (unpaired) electrons. The first kappa shape index (κ1) is 17.7. The molecular formula is C18H23N3O3S. The number of fused-ring (bicyclic) bond motifs is 1. The lowest BCUT2D eigenvalue weighted by molar-refractivity contribution is 0.0999. The lowest BCUT2D eigenvalue weighted by atomic mass is 9.97. The normalized spacial score (nSPS) is 20.6. The molecule has 3 rings (SSSR count). The predicted molar refractivity (Wildman–Crippen MR) is 99.6 cm³/mol. The van der Waals surface area contributed by atoms with E-state index in [4.69, 9.17) is 5.73 Å². The van der Waals surface area contributed by atoms with Crippen LogP contribution in [0, 0.1) is 0 Å². The van der Waals surface area contributed by atoms with E-state index in [-0.39, 0.29) is 6.04 Å². The summed E-state index contributed by atoms with van der Waals surface area (Å²) in [6.45, 7) is 8.35. The molecule has 6 nitrogen and oxygen atoms in total. The first-order chi connectivity index (χ1) is 11.7. The fraction of sp³-hybridized carbons (Fsp3) is 0.389. The van der Waals surface area contributed by atoms with Gasteiger partial charge in [-0.2, -0.15) is 4.31 Å². The van der Waals surface area contributed by atoms with E-state index in [0.29, 0.717) is 18.7 Å². The van der Waals surface area contributed by atoms with Crippen molar-refractivity contribution >= 4 is 27.2 Å². The molecule has 0 bridgehead atoms. The van der Waals surface area contributed by atoms with Crippen LogP contribution in [0.25, 0.3) is 5.57 Å². The minimum atomic E-state index is -3.39. The Bertz CT molecular complexity index is 887. The quantitative estimate of drug-likeness (QED) is 0.840. The van der Waals surface area contributed by atoms with Crippen LogP contribution in [0.5, 0.6) is 0 Å². The Morgan fingerprint density at radius 1 is 1.40 bits per heavy atom. The van der Waals surface area contributed by atoms with Gasteiger partial charge >= 0.3 is 0 Å². The van der Waals surface area contributed by atoms with E-state index in [1.165, 1.54) is 9.88 Å². The first-order valence-corrected chi connectivity index (χ1v) is 9.76. The number of anilines is 1. The summed E-state index contributed by atoms with van der Waals surface area (Å²) in [4.78, 5) is 11.7. The van der Waals surface area contributed by atoms with Crippen LogP contribution < -0.4 is 11.1 Å². The molecule has 1 saturated heterocycles. The second-order valence-electron chi connectivity index (χ2n) is 6.66. The van der Waals surface area contributed by atoms with E-state index < -0.39 is 15.9 Å². The number of benzene rings is 1. The average Bonchev–Trinajstić information content (AvgIpc) is 3.14. The second kappa shape index (κ2) is 6.31. The van der Waals surface area contributed by atoms with Gasteiger partial charge in [-0.25, -0.2) is 8.42 Å². The van der Waals surface area contributed by atoms with Crippen molar-refractivity contribution in [2.24, 2.45) is 5.73 Å². The summed E-state index contributed by atoms with van der Waals surface area (Å²) in [5, 5.41) is 4.45. The van der Waals surface area contributed by atoms with Crippen LogP contribution in [0.1, 0.15) is 41.8 Å². The Balaban J connectivity index is 1.89. The summed E-state index contributed by atoms with van der Waals surface area (Å²) < 4.78 is 25.3. The lowest BCUT2D eigenvalue weighted by Crippen LogP contribution is -2.30. The van der Waals surface area contributed by atoms with Crippen LogP contribution in [0.4, 0.5) is 5.69 Å². The maximum atomic E-state index is 11.9. The highest BCUT2D eigenvalue weighted by atomic mass is 32.2. The summed E-state index contributed by atoms with van der Waals surface area (Å²) in [6.07, 6.45) is 1.44. The number of nitrogens with one attached hydrogen (secondary N) is 1. The molecule has 0 aromatic heterocycles. The number of carbonyl (C=O) groups is 1. The Kier molecular flexibility index (Phi) is 4.47. The number of hydrogen-bond acceptors (Lipinski definition) is 4. The molecule has 3 N–H and O–H groups in total. The van der Waals surface area contributed by atoms with Gasteiger partial charge in [0.1, 0.15) is 0 Å². The van der Waals surface area contributed by atoms with Crippen LogP contribution in [-0.2, 0) is 16.4 Å². The molecule has 1 heterocycles. The summed E-state index contributed by atoms with van der Waals surface area (Å²) in [5.74, 6) is -0.422. The summed E-state index contributed by atoms with van der Waals surface area (Å²) in [5.41, 5.74) is 11.3. The van der Waals surface area contributed by atoms with Gasteiger partial charge in [0.2, 0.25) is 15.9 Å². The van der Waals surface area contributed by atoms with Gasteiger partial charge in [0.25, 0.3) is 0 Å². The van der Waals surface area contributed by atoms with E-state index in [2.05, 4.69) is 18.8 Å². The van der Waals surface area contributed by atoms with Crippen molar-refractivity contribution in [1.82, 2.24) is 4.31 Å². The summed E-state index contributed by atoms with van der Waals surface area (Å²) in [6, 6.07) is 3.64. The molecule has 1 atom stereocenters. The number of sulfonamides is 1. The van der Waals surface area contributed by atoms with Crippen molar-refractivity contribution in [2.75, 3.05) is 18.4 Å². The summed E-state index contributed by atoms with van der Waals surface area (Å²) >= 11 is 0. The Labute approximate surface area is 148 Å². The summed E-state index contributed by atoms with van der Waals surface area (Å²) in [7, 11) is -3.39. The molecular weight excluding hydrogens is 338 g/mol. The maximum Gasteiger partial charge on any atom is 0.249 e. The highest BCUT2D eigenvalue weighted by Gasteiger charge is 2.31. The van der Waals surface area contributed by atoms with Gasteiger partial charge in [0.05, 0.1) is 0 Å². The number of allylic oxidation sites excluding steroid dienone is 2. The minimum Gasteiger partial charge on any atom is -0.380 e. The molecule has 1 aromatic carbocycles. The largest absolute Gasteiger partial charge is 0.380 e. The number of primary amides is 1. The molecule has 1 unspecified atom stereocenters. The van der Waals surface area contributed by atoms with Crippen molar-refractivity contribution in [2.45, 2.75) is 32.7 Å². The molecule has 2 aliphatic rings. The Morgan fingerprint density at radius 2 is 2.12 bits per heavy atom. The second-order valence-corrected chi connectivity index (χ2v) is 8.54. The minimum absolute atomic E-state index is 0.0203. The molecule has 0 saturated carbocycles. The van der Waals surface area contributed by atoms with Crippen molar-refractivity contribution in [3.8, 4) is 0 Å². The molecule has 1 aliphatic carbocycles. The molecule has 7 heteroatoms. The van der Waals surface area contributed by atoms with Gasteiger partial charge in [0.15, 0.2) is 0 Å². The predicted octanol–water partition coefficient (Wildman–Crippen LogP) is 2.09. The van der Waals surface area contributed by atoms with Crippen LogP contribution in [0.3, 0.4) is 0 Å². The fourth-order valence-corrected chi connectivity index (χ4v) is 4.58. The Hall–Kier alpha value is -2.12. The molecule has 134 valence electrons. The number of amides is 1. The van der Waals surface area contributed by atoms with Crippen molar-refractivity contribution in [3.63, 3.8) is 0 Å². The molecule has 1 amide bonds. The zero-order chi connectivity index (χ0) is 18.4. The topological polar surface area (TPSA) is 92.5 Å². The zero-order valence-corrected chi connectivity index (χ0v) is 15.3. The van der Waals surface area contributed by atoms with Crippen LogP contribution in [0.2, 0.25) is 0 Å². The van der Waals surface area contributed by atoms with Gasteiger partial charge in [0, 0.05) is 41.4 Å².